The van der Waals surface area contributed by atoms with Gasteiger partial charge in [0.2, 0.25) is 10.3 Å². The average Bonchev–Trinajstić information content (AvgIpc) is 2.14. The van der Waals surface area contributed by atoms with Gasteiger partial charge in [-0.25, -0.2) is 0 Å². The van der Waals surface area contributed by atoms with Crippen LogP contribution in [0.5, 0.6) is 0 Å². The van der Waals surface area contributed by atoms with Gasteiger partial charge in [0.15, 0.2) is 0 Å². The molecular weight excluding hydrogens is 142 g/mol. The Bertz CT molecular complexity index is 173. The number of aromatic nitrogens is 2. The monoisotopic (exact) mass is 147 g/mol. The molecule has 5 heteroatoms. The first kappa shape index (κ1) is 5.84. The van der Waals surface area contributed by atoms with Crippen molar-refractivity contribution < 1.29 is 0 Å². The van der Waals surface area contributed by atoms with E-state index >= 15 is 0 Å². The molecule has 1 aromatic heterocycles. The second-order valence-corrected chi connectivity index (χ2v) is 2.68. The van der Waals surface area contributed by atoms with Gasteiger partial charge < -0.3 is 5.73 Å². The number of nitrogens with two attached hydrogens (primary N) is 1. The molecule has 0 radical (unpaired) electrons. The molecule has 0 unspecified atom stereocenters. The zero-order chi connectivity index (χ0) is 5.98. The van der Waals surface area contributed by atoms with E-state index in [0.717, 1.165) is 5.16 Å². The smallest absolute Gasteiger partial charge is 0.201 e. The van der Waals surface area contributed by atoms with Crippen LogP contribution >= 0.6 is 23.3 Å². The van der Waals surface area contributed by atoms with Crippen LogP contribution in [0.1, 0.15) is 0 Å². The van der Waals surface area contributed by atoms with Gasteiger partial charge in [-0.15, -0.1) is 0 Å². The maximum absolute atomic E-state index is 5.29. The molecule has 8 heavy (non-hydrogen) atoms. The fraction of sp³-hybridized carbons (Fsp3) is 0.333. The number of hydrogen-bond acceptors (Lipinski definition) is 5. The summed E-state index contributed by atoms with van der Waals surface area (Å²) in [5.41, 5.74) is 5.29. The highest BCUT2D eigenvalue weighted by Crippen LogP contribution is 2.13. The quantitative estimate of drug-likeness (QED) is 0.598. The van der Waals surface area contributed by atoms with E-state index in [2.05, 4.69) is 9.36 Å². The molecule has 3 nitrogen and oxygen atoms in total. The van der Waals surface area contributed by atoms with Crippen LogP contribution in [-0.4, -0.2) is 15.6 Å². The Kier molecular flexibility index (Phi) is 1.69. The van der Waals surface area contributed by atoms with Crippen molar-refractivity contribution in [2.45, 2.75) is 5.16 Å². The van der Waals surface area contributed by atoms with Gasteiger partial charge in [0.1, 0.15) is 0 Å². The van der Waals surface area contributed by atoms with Crippen LogP contribution < -0.4 is 5.73 Å². The lowest BCUT2D eigenvalue weighted by molar-refractivity contribution is 1.09. The summed E-state index contributed by atoms with van der Waals surface area (Å²) in [7, 11) is 0. The first-order chi connectivity index (χ1) is 3.83. The highest BCUT2D eigenvalue weighted by molar-refractivity contribution is 7.98. The zero-order valence-electron chi connectivity index (χ0n) is 4.29. The van der Waals surface area contributed by atoms with E-state index in [1.807, 2.05) is 6.26 Å². The summed E-state index contributed by atoms with van der Waals surface area (Å²) in [4.78, 5) is 3.88. The fourth-order valence-corrected chi connectivity index (χ4v) is 1.30. The third-order valence-electron chi connectivity index (χ3n) is 0.606. The highest BCUT2D eigenvalue weighted by atomic mass is 32.2. The molecule has 0 saturated carbocycles. The van der Waals surface area contributed by atoms with E-state index in [1.165, 1.54) is 23.3 Å². The molecule has 0 spiro atoms. The number of nitrogen functional groups attached to an aromatic ring is 1. The SMILES string of the molecule is CSc1nsc(N)n1. The molecule has 0 atom stereocenters. The standard InChI is InChI=1S/C3H5N3S2/c1-7-3-5-2(4)8-6-3/h1H3,(H2,4,5,6). The molecule has 0 fully saturated rings. The number of nitrogens with zero attached hydrogens (tertiary/aromatic N) is 2. The fourth-order valence-electron chi connectivity index (χ4n) is 0.304. The van der Waals surface area contributed by atoms with Crippen molar-refractivity contribution in [2.75, 3.05) is 12.0 Å². The number of rotatable bonds is 1. The van der Waals surface area contributed by atoms with Crippen LogP contribution in [-0.2, 0) is 0 Å². The first-order valence-electron chi connectivity index (χ1n) is 1.96. The van der Waals surface area contributed by atoms with Gasteiger partial charge in [-0.3, -0.25) is 0 Å². The van der Waals surface area contributed by atoms with E-state index in [-0.39, 0.29) is 0 Å². The van der Waals surface area contributed by atoms with Crippen molar-refractivity contribution in [2.24, 2.45) is 0 Å². The Hall–Kier alpha value is -0.290. The Morgan fingerprint density at radius 1 is 1.75 bits per heavy atom. The summed E-state index contributed by atoms with van der Waals surface area (Å²) in [5.74, 6) is 0. The van der Waals surface area contributed by atoms with Gasteiger partial charge in [-0.05, 0) is 6.26 Å². The minimum Gasteiger partial charge on any atom is -0.374 e. The number of anilines is 1. The van der Waals surface area contributed by atoms with Crippen molar-refractivity contribution in [1.82, 2.24) is 9.36 Å². The van der Waals surface area contributed by atoms with Crippen molar-refractivity contribution in [1.29, 1.82) is 0 Å². The minimum atomic E-state index is 0.536. The third kappa shape index (κ3) is 1.10. The maximum atomic E-state index is 5.29. The van der Waals surface area contributed by atoms with Gasteiger partial charge in [0.05, 0.1) is 0 Å². The van der Waals surface area contributed by atoms with Gasteiger partial charge in [-0.2, -0.15) is 9.36 Å². The van der Waals surface area contributed by atoms with Crippen LogP contribution in [0, 0.1) is 0 Å². The normalized spacial score (nSPS) is 9.62. The van der Waals surface area contributed by atoms with Crippen molar-refractivity contribution in [3.63, 3.8) is 0 Å². The van der Waals surface area contributed by atoms with E-state index in [4.69, 9.17) is 5.73 Å². The lowest BCUT2D eigenvalue weighted by atomic mass is 11.2. The highest BCUT2D eigenvalue weighted by Gasteiger charge is 1.94. The number of thioether (sulfide) groups is 1. The second kappa shape index (κ2) is 2.32. The summed E-state index contributed by atoms with van der Waals surface area (Å²) in [5, 5.41) is 1.29. The molecule has 0 aromatic carbocycles. The molecule has 1 heterocycles. The third-order valence-corrected chi connectivity index (χ3v) is 1.81. The molecule has 0 aliphatic carbocycles. The Morgan fingerprint density at radius 2 is 2.50 bits per heavy atom. The van der Waals surface area contributed by atoms with E-state index in [9.17, 15) is 0 Å². The maximum Gasteiger partial charge on any atom is 0.201 e. The molecule has 0 aliphatic heterocycles. The molecule has 1 rings (SSSR count). The molecule has 2 N–H and O–H groups in total. The molecule has 0 amide bonds. The Morgan fingerprint density at radius 3 is 2.75 bits per heavy atom. The molecule has 44 valence electrons. The first-order valence-corrected chi connectivity index (χ1v) is 3.96. The van der Waals surface area contributed by atoms with E-state index in [1.54, 1.807) is 0 Å². The van der Waals surface area contributed by atoms with Crippen LogP contribution in [0.2, 0.25) is 0 Å². The molecule has 1 aromatic rings. The zero-order valence-corrected chi connectivity index (χ0v) is 5.92. The molecule has 0 bridgehead atoms. The molecule has 0 saturated heterocycles. The predicted molar refractivity (Wildman–Crippen MR) is 36.1 cm³/mol. The minimum absolute atomic E-state index is 0.536. The van der Waals surface area contributed by atoms with Gasteiger partial charge >= 0.3 is 0 Å². The van der Waals surface area contributed by atoms with Gasteiger partial charge in [-0.1, -0.05) is 11.8 Å². The summed E-state index contributed by atoms with van der Waals surface area (Å²) in [6.45, 7) is 0. The van der Waals surface area contributed by atoms with Crippen LogP contribution in [0.15, 0.2) is 5.16 Å². The van der Waals surface area contributed by atoms with Crippen molar-refractivity contribution in [3.05, 3.63) is 0 Å². The lowest BCUT2D eigenvalue weighted by Crippen LogP contribution is -1.79. The van der Waals surface area contributed by atoms with Crippen molar-refractivity contribution >= 4 is 28.4 Å². The van der Waals surface area contributed by atoms with Crippen LogP contribution in [0.25, 0.3) is 0 Å². The lowest BCUT2D eigenvalue weighted by Gasteiger charge is -1.76. The van der Waals surface area contributed by atoms with Crippen LogP contribution in [0.3, 0.4) is 0 Å². The molecule has 0 aliphatic rings. The van der Waals surface area contributed by atoms with Crippen molar-refractivity contribution in [3.8, 4) is 0 Å². The molecular formula is C3H5N3S2. The van der Waals surface area contributed by atoms with E-state index < -0.39 is 0 Å². The summed E-state index contributed by atoms with van der Waals surface area (Å²) < 4.78 is 3.90. The largest absolute Gasteiger partial charge is 0.374 e. The second-order valence-electron chi connectivity index (χ2n) is 1.12. The van der Waals surface area contributed by atoms with Gasteiger partial charge in [0.25, 0.3) is 0 Å². The Balaban J connectivity index is 2.84. The number of hydrogen-bond donors (Lipinski definition) is 1. The summed E-state index contributed by atoms with van der Waals surface area (Å²) in [6.07, 6.45) is 1.92. The average molecular weight is 147 g/mol. The summed E-state index contributed by atoms with van der Waals surface area (Å²) in [6, 6.07) is 0. The summed E-state index contributed by atoms with van der Waals surface area (Å²) >= 11 is 2.72. The Labute approximate surface area is 55.5 Å². The van der Waals surface area contributed by atoms with E-state index in [0.29, 0.717) is 5.13 Å². The predicted octanol–water partition coefficient (Wildman–Crippen LogP) is 0.842. The topological polar surface area (TPSA) is 51.8 Å². The van der Waals surface area contributed by atoms with Crippen LogP contribution in [0.4, 0.5) is 5.13 Å². The van der Waals surface area contributed by atoms with Gasteiger partial charge in [0, 0.05) is 11.5 Å².